The molecule has 1 unspecified atom stereocenters. The molecule has 1 atom stereocenters. The molecule has 3 heterocycles. The van der Waals surface area contributed by atoms with E-state index in [0.717, 1.165) is 30.2 Å². The highest BCUT2D eigenvalue weighted by molar-refractivity contribution is 5.58. The average molecular weight is 257 g/mol. The fraction of sp³-hybridized carbons (Fsp3) is 0.429. The van der Waals surface area contributed by atoms with E-state index >= 15 is 0 Å². The van der Waals surface area contributed by atoms with E-state index in [9.17, 15) is 0 Å². The summed E-state index contributed by atoms with van der Waals surface area (Å²) in [7, 11) is 0. The second-order valence-corrected chi connectivity index (χ2v) is 4.93. The molecule has 100 valence electrons. The lowest BCUT2D eigenvalue weighted by atomic mass is 10.1. The van der Waals surface area contributed by atoms with Crippen molar-refractivity contribution in [2.24, 2.45) is 0 Å². The zero-order chi connectivity index (χ0) is 12.9. The maximum Gasteiger partial charge on any atom is 0.148 e. The van der Waals surface area contributed by atoms with Crippen molar-refractivity contribution in [3.05, 3.63) is 30.6 Å². The first kappa shape index (κ1) is 12.2. The van der Waals surface area contributed by atoms with Crippen LogP contribution in [0.25, 0.3) is 11.3 Å². The third-order valence-electron chi connectivity index (χ3n) is 3.50. The molecule has 1 saturated heterocycles. The molecule has 0 aliphatic carbocycles. The summed E-state index contributed by atoms with van der Waals surface area (Å²) >= 11 is 0. The van der Waals surface area contributed by atoms with Crippen molar-refractivity contribution in [3.8, 4) is 11.3 Å². The predicted octanol–water partition coefficient (Wildman–Crippen LogP) is 2.03. The van der Waals surface area contributed by atoms with Gasteiger partial charge < -0.3 is 15.6 Å². The van der Waals surface area contributed by atoms with Crippen LogP contribution in [0.5, 0.6) is 0 Å². The molecule has 19 heavy (non-hydrogen) atoms. The van der Waals surface area contributed by atoms with Gasteiger partial charge in [0, 0.05) is 30.5 Å². The van der Waals surface area contributed by atoms with E-state index in [0.29, 0.717) is 6.04 Å². The highest BCUT2D eigenvalue weighted by atomic mass is 15.2. The molecule has 0 bridgehead atoms. The van der Waals surface area contributed by atoms with Gasteiger partial charge in [0.05, 0.1) is 5.69 Å². The van der Waals surface area contributed by atoms with Crippen LogP contribution in [0.3, 0.4) is 0 Å². The molecule has 1 aliphatic rings. The maximum absolute atomic E-state index is 4.23. The third-order valence-corrected chi connectivity index (χ3v) is 3.50. The fourth-order valence-electron chi connectivity index (χ4n) is 2.39. The van der Waals surface area contributed by atoms with Gasteiger partial charge in [0.2, 0.25) is 0 Å². The topological polar surface area (TPSA) is 65.6 Å². The van der Waals surface area contributed by atoms with Crippen LogP contribution >= 0.6 is 0 Å². The number of hydrogen-bond acceptors (Lipinski definition) is 4. The normalized spacial score (nSPS) is 19.3. The van der Waals surface area contributed by atoms with Gasteiger partial charge in [-0.1, -0.05) is 6.42 Å². The SMILES string of the molecule is c1cc(-c2ccc(NCC3CCCCN3)nn2)c[nH]1. The van der Waals surface area contributed by atoms with Gasteiger partial charge in [-0.2, -0.15) is 0 Å². The second kappa shape index (κ2) is 5.84. The molecule has 0 radical (unpaired) electrons. The Kier molecular flexibility index (Phi) is 3.74. The van der Waals surface area contributed by atoms with Gasteiger partial charge in [0.25, 0.3) is 0 Å². The summed E-state index contributed by atoms with van der Waals surface area (Å²) in [6, 6.07) is 6.52. The minimum Gasteiger partial charge on any atom is -0.367 e. The van der Waals surface area contributed by atoms with Gasteiger partial charge in [-0.25, -0.2) is 0 Å². The van der Waals surface area contributed by atoms with Crippen LogP contribution in [0.15, 0.2) is 30.6 Å². The molecule has 1 fully saturated rings. The van der Waals surface area contributed by atoms with Crippen molar-refractivity contribution >= 4 is 5.82 Å². The van der Waals surface area contributed by atoms with Gasteiger partial charge >= 0.3 is 0 Å². The molecule has 0 aromatic carbocycles. The minimum atomic E-state index is 0.555. The first-order chi connectivity index (χ1) is 9.42. The van der Waals surface area contributed by atoms with E-state index in [2.05, 4.69) is 25.8 Å². The summed E-state index contributed by atoms with van der Waals surface area (Å²) in [6.45, 7) is 2.04. The van der Waals surface area contributed by atoms with Crippen LogP contribution in [0.2, 0.25) is 0 Å². The number of rotatable bonds is 4. The smallest absolute Gasteiger partial charge is 0.148 e. The Hall–Kier alpha value is -1.88. The maximum atomic E-state index is 4.23. The Morgan fingerprint density at radius 2 is 2.21 bits per heavy atom. The number of piperidine rings is 1. The number of hydrogen-bond donors (Lipinski definition) is 3. The van der Waals surface area contributed by atoms with Gasteiger partial charge in [-0.3, -0.25) is 0 Å². The van der Waals surface area contributed by atoms with Crippen LogP contribution in [0.1, 0.15) is 19.3 Å². The number of aromatic nitrogens is 3. The van der Waals surface area contributed by atoms with Gasteiger partial charge in [-0.15, -0.1) is 10.2 Å². The van der Waals surface area contributed by atoms with Crippen LogP contribution in [0.4, 0.5) is 5.82 Å². The van der Waals surface area contributed by atoms with Crippen molar-refractivity contribution in [1.29, 1.82) is 0 Å². The fourth-order valence-corrected chi connectivity index (χ4v) is 2.39. The van der Waals surface area contributed by atoms with Gasteiger partial charge in [0.15, 0.2) is 0 Å². The third kappa shape index (κ3) is 3.12. The average Bonchev–Trinajstić information content (AvgIpc) is 3.01. The number of H-pyrrole nitrogens is 1. The van der Waals surface area contributed by atoms with Crippen LogP contribution in [0, 0.1) is 0 Å². The number of nitrogens with zero attached hydrogens (tertiary/aromatic N) is 2. The largest absolute Gasteiger partial charge is 0.367 e. The van der Waals surface area contributed by atoms with Crippen LogP contribution < -0.4 is 10.6 Å². The van der Waals surface area contributed by atoms with E-state index in [4.69, 9.17) is 0 Å². The van der Waals surface area contributed by atoms with Crippen molar-refractivity contribution in [1.82, 2.24) is 20.5 Å². The molecule has 5 heteroatoms. The molecule has 2 aromatic heterocycles. The summed E-state index contributed by atoms with van der Waals surface area (Å²) in [5.74, 6) is 0.839. The molecule has 0 spiro atoms. The molecule has 1 aliphatic heterocycles. The Labute approximate surface area is 112 Å². The summed E-state index contributed by atoms with van der Waals surface area (Å²) in [4.78, 5) is 3.02. The standard InChI is InChI=1S/C14H19N5/c1-2-7-16-12(3-1)10-17-14-5-4-13(18-19-14)11-6-8-15-9-11/h4-6,8-9,12,15-16H,1-3,7,10H2,(H,17,19). The van der Waals surface area contributed by atoms with E-state index < -0.39 is 0 Å². The number of nitrogens with one attached hydrogen (secondary N) is 3. The number of aromatic amines is 1. The van der Waals surface area contributed by atoms with Crippen molar-refractivity contribution in [2.75, 3.05) is 18.4 Å². The van der Waals surface area contributed by atoms with Crippen molar-refractivity contribution in [3.63, 3.8) is 0 Å². The summed E-state index contributed by atoms with van der Waals surface area (Å²) in [5.41, 5.74) is 1.95. The van der Waals surface area contributed by atoms with Gasteiger partial charge in [-0.05, 0) is 37.6 Å². The lowest BCUT2D eigenvalue weighted by Crippen LogP contribution is -2.39. The quantitative estimate of drug-likeness (QED) is 0.784. The molecular formula is C14H19N5. The minimum absolute atomic E-state index is 0.555. The Morgan fingerprint density at radius 3 is 2.89 bits per heavy atom. The Bertz CT molecular complexity index is 485. The molecular weight excluding hydrogens is 238 g/mol. The van der Waals surface area contributed by atoms with Crippen LogP contribution in [-0.2, 0) is 0 Å². The Morgan fingerprint density at radius 1 is 1.21 bits per heavy atom. The van der Waals surface area contributed by atoms with E-state index in [1.807, 2.05) is 30.6 Å². The predicted molar refractivity (Wildman–Crippen MR) is 76.0 cm³/mol. The van der Waals surface area contributed by atoms with E-state index in [1.165, 1.54) is 19.3 Å². The lowest BCUT2D eigenvalue weighted by Gasteiger charge is -2.23. The Balaban J connectivity index is 1.57. The monoisotopic (exact) mass is 257 g/mol. The molecule has 0 amide bonds. The lowest BCUT2D eigenvalue weighted by molar-refractivity contribution is 0.414. The number of anilines is 1. The highest BCUT2D eigenvalue weighted by Gasteiger charge is 2.12. The summed E-state index contributed by atoms with van der Waals surface area (Å²) in [6.07, 6.45) is 7.65. The molecule has 3 rings (SSSR count). The van der Waals surface area contributed by atoms with Crippen molar-refractivity contribution < 1.29 is 0 Å². The van der Waals surface area contributed by atoms with E-state index in [1.54, 1.807) is 0 Å². The second-order valence-electron chi connectivity index (χ2n) is 4.93. The summed E-state index contributed by atoms with van der Waals surface area (Å²) < 4.78 is 0. The zero-order valence-electron chi connectivity index (χ0n) is 10.9. The van der Waals surface area contributed by atoms with Crippen molar-refractivity contribution in [2.45, 2.75) is 25.3 Å². The summed E-state index contributed by atoms with van der Waals surface area (Å²) in [5, 5.41) is 15.3. The molecule has 0 saturated carbocycles. The zero-order valence-corrected chi connectivity index (χ0v) is 10.9. The molecule has 2 aromatic rings. The first-order valence-electron chi connectivity index (χ1n) is 6.86. The van der Waals surface area contributed by atoms with E-state index in [-0.39, 0.29) is 0 Å². The molecule has 5 nitrogen and oxygen atoms in total. The highest BCUT2D eigenvalue weighted by Crippen LogP contribution is 2.16. The van der Waals surface area contributed by atoms with Gasteiger partial charge in [0.1, 0.15) is 5.82 Å². The first-order valence-corrected chi connectivity index (χ1v) is 6.86. The van der Waals surface area contributed by atoms with Crippen LogP contribution in [-0.4, -0.2) is 34.3 Å². The molecule has 3 N–H and O–H groups in total.